The summed E-state index contributed by atoms with van der Waals surface area (Å²) >= 11 is 0. The quantitative estimate of drug-likeness (QED) is 0.393. The Morgan fingerprint density at radius 2 is 1.80 bits per heavy atom. The minimum atomic E-state index is -1.21. The zero-order valence-corrected chi connectivity index (χ0v) is 21.0. The van der Waals surface area contributed by atoms with Crippen LogP contribution in [-0.2, 0) is 14.3 Å². The molecular weight excluding hydrogens is 391 g/mol. The van der Waals surface area contributed by atoms with E-state index in [1.54, 1.807) is 0 Å². The molecule has 3 saturated carbocycles. The molecule has 0 spiro atoms. The Balaban J connectivity index is 0.00000256. The summed E-state index contributed by atoms with van der Waals surface area (Å²) in [7, 11) is 0. The summed E-state index contributed by atoms with van der Waals surface area (Å²) in [4.78, 5) is 22.5. The maximum atomic E-state index is 11.9. The van der Waals surface area contributed by atoms with E-state index < -0.39 is 17.5 Å². The first kappa shape index (κ1) is 24.3. The molecule has 4 rings (SSSR count). The number of carboxylic acid groups (broad SMARTS) is 1. The van der Waals surface area contributed by atoms with Crippen molar-refractivity contribution in [1.29, 1.82) is 0 Å². The molecule has 0 radical (unpaired) electrons. The second-order valence-electron chi connectivity index (χ2n) is 10.8. The summed E-state index contributed by atoms with van der Waals surface area (Å²) in [5.41, 5.74) is 1.06. The van der Waals surface area contributed by atoms with E-state index in [9.17, 15) is 19.8 Å². The van der Waals surface area contributed by atoms with Crippen molar-refractivity contribution < 1.29 is 54.1 Å². The minimum Gasteiger partial charge on any atom is -0.550 e. The third-order valence-electron chi connectivity index (χ3n) is 9.45. The standard InChI is InChI=1S/C24H36O5.Na/c1-22-11-8-16(29-21(27)7-6-20(25)26)14-15(22)4-5-17-18(22)9-12-23(2)19(17)10-13-24(23,3)28;/h4,16-19,28H,5-14H2,1-3H3,(H,25,26);/q;+1/p-1/t16-,17+,18-,19-,22-,23-,24-;/m0./s1. The van der Waals surface area contributed by atoms with Crippen LogP contribution < -0.4 is 34.7 Å². The van der Waals surface area contributed by atoms with Crippen LogP contribution in [0.25, 0.3) is 0 Å². The van der Waals surface area contributed by atoms with E-state index >= 15 is 0 Å². The molecule has 4 aliphatic rings. The molecule has 0 aromatic heterocycles. The smallest absolute Gasteiger partial charge is 0.550 e. The molecule has 5 nitrogen and oxygen atoms in total. The molecule has 1 N–H and O–H groups in total. The van der Waals surface area contributed by atoms with Crippen molar-refractivity contribution in [3.63, 3.8) is 0 Å². The predicted octanol–water partition coefficient (Wildman–Crippen LogP) is 0.146. The van der Waals surface area contributed by atoms with Crippen molar-refractivity contribution in [3.05, 3.63) is 11.6 Å². The van der Waals surface area contributed by atoms with E-state index in [2.05, 4.69) is 19.9 Å². The van der Waals surface area contributed by atoms with Crippen molar-refractivity contribution in [2.24, 2.45) is 28.6 Å². The first-order valence-corrected chi connectivity index (χ1v) is 11.4. The van der Waals surface area contributed by atoms with Crippen molar-refractivity contribution in [2.45, 2.75) is 96.7 Å². The van der Waals surface area contributed by atoms with Gasteiger partial charge in [-0.3, -0.25) is 4.79 Å². The second kappa shape index (κ2) is 8.53. The molecule has 3 fully saturated rings. The van der Waals surface area contributed by atoms with Gasteiger partial charge in [-0.2, -0.15) is 0 Å². The van der Waals surface area contributed by atoms with Crippen LogP contribution in [0.15, 0.2) is 11.6 Å². The third kappa shape index (κ3) is 3.93. The molecule has 162 valence electrons. The Morgan fingerprint density at radius 1 is 1.10 bits per heavy atom. The van der Waals surface area contributed by atoms with Crippen molar-refractivity contribution in [3.8, 4) is 0 Å². The summed E-state index contributed by atoms with van der Waals surface area (Å²) in [5.74, 6) is 0.224. The number of esters is 1. The molecule has 6 heteroatoms. The van der Waals surface area contributed by atoms with Crippen LogP contribution >= 0.6 is 0 Å². The zero-order chi connectivity index (χ0) is 21.0. The van der Waals surface area contributed by atoms with Crippen molar-refractivity contribution in [2.75, 3.05) is 0 Å². The van der Waals surface area contributed by atoms with Crippen LogP contribution in [0.5, 0.6) is 0 Å². The third-order valence-corrected chi connectivity index (χ3v) is 9.45. The van der Waals surface area contributed by atoms with E-state index in [-0.39, 0.29) is 59.3 Å². The first-order chi connectivity index (χ1) is 13.6. The number of ether oxygens (including phenoxy) is 1. The average molecular weight is 427 g/mol. The average Bonchev–Trinajstić information content (AvgIpc) is 2.90. The van der Waals surface area contributed by atoms with Gasteiger partial charge in [0.1, 0.15) is 6.10 Å². The molecule has 0 bridgehead atoms. The van der Waals surface area contributed by atoms with Crippen LogP contribution in [0.3, 0.4) is 0 Å². The number of aliphatic carboxylic acids is 1. The molecular formula is C24H35NaO5. The van der Waals surface area contributed by atoms with Gasteiger partial charge in [0.25, 0.3) is 0 Å². The number of hydrogen-bond acceptors (Lipinski definition) is 5. The van der Waals surface area contributed by atoms with Crippen molar-refractivity contribution in [1.82, 2.24) is 0 Å². The van der Waals surface area contributed by atoms with Gasteiger partial charge >= 0.3 is 35.5 Å². The fraction of sp³-hybridized carbons (Fsp3) is 0.833. The van der Waals surface area contributed by atoms with Gasteiger partial charge in [-0.1, -0.05) is 25.5 Å². The van der Waals surface area contributed by atoms with Gasteiger partial charge in [-0.05, 0) is 86.9 Å². The maximum absolute atomic E-state index is 11.9. The number of fused-ring (bicyclic) bond motifs is 5. The predicted molar refractivity (Wildman–Crippen MR) is 106 cm³/mol. The largest absolute Gasteiger partial charge is 1.00 e. The zero-order valence-electron chi connectivity index (χ0n) is 19.0. The molecule has 0 amide bonds. The molecule has 0 unspecified atom stereocenters. The van der Waals surface area contributed by atoms with Crippen LogP contribution in [0.1, 0.15) is 85.0 Å². The van der Waals surface area contributed by atoms with Crippen molar-refractivity contribution >= 4 is 11.9 Å². The molecule has 0 aromatic rings. The minimum absolute atomic E-state index is 0. The van der Waals surface area contributed by atoms with Gasteiger partial charge < -0.3 is 19.7 Å². The monoisotopic (exact) mass is 426 g/mol. The molecule has 30 heavy (non-hydrogen) atoms. The molecule has 4 aliphatic carbocycles. The van der Waals surface area contributed by atoms with Gasteiger partial charge in [-0.25, -0.2) is 0 Å². The molecule has 0 heterocycles. The number of rotatable bonds is 4. The number of carbonyl (C=O) groups is 2. The Bertz CT molecular complexity index is 731. The van der Waals surface area contributed by atoms with E-state index in [0.29, 0.717) is 17.8 Å². The Morgan fingerprint density at radius 3 is 2.50 bits per heavy atom. The SMILES string of the molecule is C[C@]12CC[C@H](OC(=O)CCC(=O)[O-])CC1=CC[C@@H]1[C@@H]2CC[C@@]2(C)[C@H]1CC[C@]2(C)O.[Na+]. The summed E-state index contributed by atoms with van der Waals surface area (Å²) in [6, 6.07) is 0. The van der Waals surface area contributed by atoms with Gasteiger partial charge in [0.15, 0.2) is 0 Å². The van der Waals surface area contributed by atoms with Crippen LogP contribution in [0.2, 0.25) is 0 Å². The first-order valence-electron chi connectivity index (χ1n) is 11.4. The number of allylic oxidation sites excluding steroid dienone is 1. The fourth-order valence-electron chi connectivity index (χ4n) is 7.42. The van der Waals surface area contributed by atoms with Crippen LogP contribution in [0, 0.1) is 28.6 Å². The summed E-state index contributed by atoms with van der Waals surface area (Å²) in [6.45, 7) is 6.75. The molecule has 7 atom stereocenters. The normalized spacial score (nSPS) is 44.6. The second-order valence-corrected chi connectivity index (χ2v) is 10.8. The van der Waals surface area contributed by atoms with E-state index in [1.807, 2.05) is 6.92 Å². The summed E-state index contributed by atoms with van der Waals surface area (Å²) in [5, 5.41) is 21.6. The number of carboxylic acids is 1. The van der Waals surface area contributed by atoms with Gasteiger partial charge in [-0.15, -0.1) is 0 Å². The summed E-state index contributed by atoms with van der Waals surface area (Å²) < 4.78 is 5.58. The Labute approximate surface area is 202 Å². The Kier molecular flexibility index (Phi) is 6.91. The number of aliphatic hydroxyl groups is 1. The van der Waals surface area contributed by atoms with Gasteiger partial charge in [0.05, 0.1) is 12.0 Å². The van der Waals surface area contributed by atoms with Gasteiger partial charge in [0.2, 0.25) is 0 Å². The van der Waals surface area contributed by atoms with Crippen LogP contribution in [0.4, 0.5) is 0 Å². The molecule has 0 saturated heterocycles. The van der Waals surface area contributed by atoms with Gasteiger partial charge in [0, 0.05) is 12.4 Å². The molecule has 0 aromatic carbocycles. The maximum Gasteiger partial charge on any atom is 1.00 e. The molecule has 0 aliphatic heterocycles. The van der Waals surface area contributed by atoms with E-state index in [4.69, 9.17) is 4.74 Å². The number of hydrogen-bond donors (Lipinski definition) is 1. The summed E-state index contributed by atoms with van der Waals surface area (Å²) in [6.07, 6.45) is 9.87. The topological polar surface area (TPSA) is 86.7 Å². The fourth-order valence-corrected chi connectivity index (χ4v) is 7.42. The van der Waals surface area contributed by atoms with Crippen LogP contribution in [-0.4, -0.2) is 28.8 Å². The Hall–Kier alpha value is -0.360. The van der Waals surface area contributed by atoms with E-state index in [0.717, 1.165) is 51.4 Å². The van der Waals surface area contributed by atoms with E-state index in [1.165, 1.54) is 5.57 Å². The number of carbonyl (C=O) groups excluding carboxylic acids is 2.